The van der Waals surface area contributed by atoms with Crippen LogP contribution in [0.3, 0.4) is 0 Å². The Balaban J connectivity index is 1.83. The molecule has 29 heavy (non-hydrogen) atoms. The summed E-state index contributed by atoms with van der Waals surface area (Å²) in [5.74, 6) is 0. The third-order valence-electron chi connectivity index (χ3n) is 5.26. The van der Waals surface area contributed by atoms with Crippen molar-refractivity contribution in [3.63, 3.8) is 0 Å². The van der Waals surface area contributed by atoms with Crippen LogP contribution in [-0.4, -0.2) is 6.29 Å². The van der Waals surface area contributed by atoms with Crippen molar-refractivity contribution >= 4 is 12.0 Å². The van der Waals surface area contributed by atoms with E-state index < -0.39 is 0 Å². The van der Waals surface area contributed by atoms with Crippen molar-refractivity contribution in [2.75, 3.05) is 0 Å². The van der Waals surface area contributed by atoms with E-state index in [1.54, 1.807) is 6.07 Å². The summed E-state index contributed by atoms with van der Waals surface area (Å²) in [5, 5.41) is 3.15. The summed E-state index contributed by atoms with van der Waals surface area (Å²) >= 11 is 0. The second-order valence-electron chi connectivity index (χ2n) is 7.20. The number of nitrogens with two attached hydrogens (primary N) is 1. The maximum atomic E-state index is 11.3. The van der Waals surface area contributed by atoms with Gasteiger partial charge in [-0.05, 0) is 63.9 Å². The molecule has 3 aromatic rings. The Morgan fingerprint density at radius 1 is 0.897 bits per heavy atom. The number of rotatable bonds is 9. The van der Waals surface area contributed by atoms with E-state index >= 15 is 0 Å². The SMILES string of the molecule is CCCc1c(CCc2cccc(-c3ccc(CN)cc3)c2)ccc(C=O)c1N=O. The molecule has 0 bridgehead atoms. The summed E-state index contributed by atoms with van der Waals surface area (Å²) in [5.41, 5.74) is 13.0. The first-order chi connectivity index (χ1) is 14.2. The van der Waals surface area contributed by atoms with Gasteiger partial charge >= 0.3 is 0 Å². The van der Waals surface area contributed by atoms with Crippen molar-refractivity contribution in [1.82, 2.24) is 0 Å². The first kappa shape index (κ1) is 20.6. The molecule has 0 heterocycles. The van der Waals surface area contributed by atoms with Crippen LogP contribution < -0.4 is 5.73 Å². The van der Waals surface area contributed by atoms with E-state index in [4.69, 9.17) is 5.73 Å². The van der Waals surface area contributed by atoms with Gasteiger partial charge in [-0.25, -0.2) is 0 Å². The van der Waals surface area contributed by atoms with Crippen molar-refractivity contribution in [3.8, 4) is 11.1 Å². The van der Waals surface area contributed by atoms with Gasteiger partial charge in [0.05, 0.1) is 0 Å². The lowest BCUT2D eigenvalue weighted by atomic mass is 9.93. The fourth-order valence-corrected chi connectivity index (χ4v) is 3.68. The molecule has 0 amide bonds. The lowest BCUT2D eigenvalue weighted by Gasteiger charge is -2.13. The molecular weight excluding hydrogens is 360 g/mol. The molecule has 0 unspecified atom stereocenters. The quantitative estimate of drug-likeness (QED) is 0.375. The van der Waals surface area contributed by atoms with Gasteiger partial charge in [-0.1, -0.05) is 67.9 Å². The normalized spacial score (nSPS) is 10.7. The molecule has 0 aromatic heterocycles. The third-order valence-corrected chi connectivity index (χ3v) is 5.26. The molecule has 0 saturated heterocycles. The minimum absolute atomic E-state index is 0.299. The minimum atomic E-state index is 0.299. The van der Waals surface area contributed by atoms with Gasteiger partial charge in [0, 0.05) is 12.1 Å². The molecule has 148 valence electrons. The number of hydrogen-bond donors (Lipinski definition) is 1. The molecule has 3 rings (SSSR count). The Bertz CT molecular complexity index is 994. The monoisotopic (exact) mass is 386 g/mol. The van der Waals surface area contributed by atoms with E-state index in [1.807, 2.05) is 6.07 Å². The largest absolute Gasteiger partial charge is 0.326 e. The molecule has 0 aliphatic rings. The summed E-state index contributed by atoms with van der Waals surface area (Å²) in [6.07, 6.45) is 3.99. The van der Waals surface area contributed by atoms with Crippen LogP contribution in [0.4, 0.5) is 5.69 Å². The molecule has 4 heteroatoms. The molecule has 0 atom stereocenters. The van der Waals surface area contributed by atoms with Crippen molar-refractivity contribution in [3.05, 3.63) is 93.4 Å². The van der Waals surface area contributed by atoms with Crippen LogP contribution in [0.5, 0.6) is 0 Å². The van der Waals surface area contributed by atoms with Crippen LogP contribution >= 0.6 is 0 Å². The first-order valence-electron chi connectivity index (χ1n) is 10.0. The topological polar surface area (TPSA) is 72.5 Å². The Kier molecular flexibility index (Phi) is 7.04. The van der Waals surface area contributed by atoms with Crippen LogP contribution in [0, 0.1) is 4.91 Å². The van der Waals surface area contributed by atoms with E-state index in [0.717, 1.165) is 42.4 Å². The van der Waals surface area contributed by atoms with Crippen molar-refractivity contribution in [2.24, 2.45) is 10.9 Å². The maximum Gasteiger partial charge on any atom is 0.152 e. The van der Waals surface area contributed by atoms with Crippen LogP contribution in [0.1, 0.15) is 46.0 Å². The highest BCUT2D eigenvalue weighted by Crippen LogP contribution is 2.29. The van der Waals surface area contributed by atoms with Gasteiger partial charge in [0.15, 0.2) is 6.29 Å². The summed E-state index contributed by atoms with van der Waals surface area (Å²) in [6.45, 7) is 2.60. The molecule has 0 aliphatic heterocycles. The third kappa shape index (κ3) is 4.84. The van der Waals surface area contributed by atoms with Crippen LogP contribution in [-0.2, 0) is 25.8 Å². The number of carbonyl (C=O) groups is 1. The molecule has 0 saturated carbocycles. The van der Waals surface area contributed by atoms with Gasteiger partial charge in [-0.2, -0.15) is 0 Å². The zero-order valence-corrected chi connectivity index (χ0v) is 16.7. The number of aldehydes is 1. The number of nitrogens with zero attached hydrogens (tertiary/aromatic N) is 1. The molecule has 2 N–H and O–H groups in total. The summed E-state index contributed by atoms with van der Waals surface area (Å²) < 4.78 is 0. The van der Waals surface area contributed by atoms with E-state index in [2.05, 4.69) is 60.6 Å². The molecule has 0 aliphatic carbocycles. The zero-order chi connectivity index (χ0) is 20.6. The smallest absolute Gasteiger partial charge is 0.152 e. The van der Waals surface area contributed by atoms with Gasteiger partial charge < -0.3 is 5.73 Å². The fourth-order valence-electron chi connectivity index (χ4n) is 3.68. The van der Waals surface area contributed by atoms with Crippen LogP contribution in [0.15, 0.2) is 65.8 Å². The lowest BCUT2D eigenvalue weighted by molar-refractivity contribution is 0.112. The molecule has 0 radical (unpaired) electrons. The van der Waals surface area contributed by atoms with Gasteiger partial charge in [0.2, 0.25) is 0 Å². The van der Waals surface area contributed by atoms with E-state index in [0.29, 0.717) is 24.1 Å². The van der Waals surface area contributed by atoms with Crippen LogP contribution in [0.2, 0.25) is 0 Å². The van der Waals surface area contributed by atoms with Gasteiger partial charge in [0.1, 0.15) is 5.69 Å². The number of hydrogen-bond acceptors (Lipinski definition) is 4. The number of carbonyl (C=O) groups excluding carboxylic acids is 1. The minimum Gasteiger partial charge on any atom is -0.326 e. The van der Waals surface area contributed by atoms with Gasteiger partial charge in [0.25, 0.3) is 0 Å². The predicted molar refractivity (Wildman–Crippen MR) is 118 cm³/mol. The zero-order valence-electron chi connectivity index (χ0n) is 16.7. The molecule has 0 fully saturated rings. The second kappa shape index (κ2) is 9.89. The Hall–Kier alpha value is -3.11. The number of aryl methyl sites for hydroxylation is 2. The Morgan fingerprint density at radius 2 is 1.69 bits per heavy atom. The number of nitroso groups, excluding NO2 is 1. The second-order valence-corrected chi connectivity index (χ2v) is 7.20. The standard InChI is InChI=1S/C25H26N2O2/c1-2-4-24-21(13-14-23(17-28)25(24)27-29)12-7-18-5-3-6-22(15-18)20-10-8-19(16-26)9-11-20/h3,5-6,8-11,13-15,17H,2,4,7,12,16,26H2,1H3. The highest BCUT2D eigenvalue weighted by molar-refractivity contribution is 5.84. The first-order valence-corrected chi connectivity index (χ1v) is 10.0. The van der Waals surface area contributed by atoms with E-state index in [9.17, 15) is 9.70 Å². The summed E-state index contributed by atoms with van der Waals surface area (Å²) in [7, 11) is 0. The van der Waals surface area contributed by atoms with Crippen molar-refractivity contribution in [2.45, 2.75) is 39.2 Å². The highest BCUT2D eigenvalue weighted by atomic mass is 16.3. The highest BCUT2D eigenvalue weighted by Gasteiger charge is 2.13. The fraction of sp³-hybridized carbons (Fsp3) is 0.240. The lowest BCUT2D eigenvalue weighted by Crippen LogP contribution is -2.00. The van der Waals surface area contributed by atoms with Crippen molar-refractivity contribution in [1.29, 1.82) is 0 Å². The average molecular weight is 386 g/mol. The molecule has 3 aromatic carbocycles. The van der Waals surface area contributed by atoms with Gasteiger partial charge in [-0.3, -0.25) is 4.79 Å². The predicted octanol–water partition coefficient (Wildman–Crippen LogP) is 5.76. The van der Waals surface area contributed by atoms with Crippen molar-refractivity contribution < 1.29 is 4.79 Å². The van der Waals surface area contributed by atoms with E-state index in [-0.39, 0.29) is 0 Å². The molecule has 4 nitrogen and oxygen atoms in total. The van der Waals surface area contributed by atoms with Crippen LogP contribution in [0.25, 0.3) is 11.1 Å². The Morgan fingerprint density at radius 3 is 2.34 bits per heavy atom. The summed E-state index contributed by atoms with van der Waals surface area (Å²) in [4.78, 5) is 22.6. The Labute approximate surface area is 171 Å². The van der Waals surface area contributed by atoms with Gasteiger partial charge in [-0.15, -0.1) is 4.91 Å². The molecular formula is C25H26N2O2. The van der Waals surface area contributed by atoms with E-state index in [1.165, 1.54) is 16.7 Å². The summed E-state index contributed by atoms with van der Waals surface area (Å²) in [6, 6.07) is 20.5. The molecule has 0 spiro atoms. The average Bonchev–Trinajstić information content (AvgIpc) is 2.78. The number of benzene rings is 3. The maximum absolute atomic E-state index is 11.3.